The number of β-amino-alcohol motifs (C(OH)–C–C–N with tert-alkyl or cyclic N) is 1. The predicted molar refractivity (Wildman–Crippen MR) is 51.0 cm³/mol. The van der Waals surface area contributed by atoms with Crippen LogP contribution in [0.3, 0.4) is 0 Å². The van der Waals surface area contributed by atoms with E-state index in [1.54, 1.807) is 0 Å². The number of likely N-dealkylation sites (N-methyl/N-ethyl adjacent to an activating group) is 1. The number of nitrogens with one attached hydrogen (secondary N) is 1. The lowest BCUT2D eigenvalue weighted by molar-refractivity contribution is -0.278. The van der Waals surface area contributed by atoms with Gasteiger partial charge in [0, 0.05) is 20.1 Å². The molecular formula is C9H12F6N2O2. The summed E-state index contributed by atoms with van der Waals surface area (Å²) < 4.78 is 74.2. The summed E-state index contributed by atoms with van der Waals surface area (Å²) in [6, 6.07) is -1.11. The minimum absolute atomic E-state index is 0.00495. The van der Waals surface area contributed by atoms with Crippen molar-refractivity contribution in [3.63, 3.8) is 0 Å². The number of rotatable bonds is 2. The van der Waals surface area contributed by atoms with Crippen LogP contribution >= 0.6 is 0 Å². The summed E-state index contributed by atoms with van der Waals surface area (Å²) in [5, 5.41) is 11.9. The van der Waals surface area contributed by atoms with Gasteiger partial charge >= 0.3 is 12.4 Å². The molecule has 1 heterocycles. The van der Waals surface area contributed by atoms with Gasteiger partial charge in [0.1, 0.15) is 0 Å². The van der Waals surface area contributed by atoms with Gasteiger partial charge in [-0.15, -0.1) is 0 Å². The molecule has 0 aliphatic carbocycles. The fraction of sp³-hybridized carbons (Fsp3) is 0.889. The number of aliphatic hydroxyl groups is 1. The van der Waals surface area contributed by atoms with Crippen LogP contribution in [-0.4, -0.2) is 60.5 Å². The Hall–Kier alpha value is -1.03. The molecule has 1 rings (SSSR count). The standard InChI is InChI=1S/C9H12F6N2O2/c1-17(4-2-16-3-5(4)18)7(19)6(8(10,11)12)9(13,14)15/h4-6,16,18H,2-3H2,1H3/t4-,5-/m1/s1. The highest BCUT2D eigenvalue weighted by atomic mass is 19.4. The van der Waals surface area contributed by atoms with E-state index in [1.165, 1.54) is 0 Å². The number of alkyl halides is 6. The maximum atomic E-state index is 12.4. The van der Waals surface area contributed by atoms with Crippen LogP contribution in [0.2, 0.25) is 0 Å². The third-order valence-electron chi connectivity index (χ3n) is 2.90. The van der Waals surface area contributed by atoms with Crippen LogP contribution < -0.4 is 5.32 Å². The zero-order chi connectivity index (χ0) is 15.0. The van der Waals surface area contributed by atoms with Crippen molar-refractivity contribution < 1.29 is 36.2 Å². The Balaban J connectivity index is 2.94. The molecule has 0 aromatic rings. The third kappa shape index (κ3) is 3.50. The summed E-state index contributed by atoms with van der Waals surface area (Å²) in [6.07, 6.45) is -12.6. The number of aliphatic hydroxyl groups excluding tert-OH is 1. The van der Waals surface area contributed by atoms with Gasteiger partial charge in [-0.1, -0.05) is 0 Å². The van der Waals surface area contributed by atoms with Crippen LogP contribution in [0.25, 0.3) is 0 Å². The monoisotopic (exact) mass is 294 g/mol. The van der Waals surface area contributed by atoms with Gasteiger partial charge < -0.3 is 15.3 Å². The van der Waals surface area contributed by atoms with Gasteiger partial charge in [-0.05, 0) is 0 Å². The summed E-state index contributed by atoms with van der Waals surface area (Å²) >= 11 is 0. The van der Waals surface area contributed by atoms with E-state index >= 15 is 0 Å². The molecule has 2 N–H and O–H groups in total. The Bertz CT molecular complexity index is 329. The maximum Gasteiger partial charge on any atom is 0.409 e. The molecule has 112 valence electrons. The molecule has 0 spiro atoms. The van der Waals surface area contributed by atoms with E-state index in [4.69, 9.17) is 0 Å². The van der Waals surface area contributed by atoms with Gasteiger partial charge in [0.2, 0.25) is 11.8 Å². The first-order valence-electron chi connectivity index (χ1n) is 5.25. The minimum Gasteiger partial charge on any atom is -0.390 e. The van der Waals surface area contributed by atoms with Gasteiger partial charge in [0.15, 0.2) is 0 Å². The number of hydrogen-bond donors (Lipinski definition) is 2. The number of carbonyl (C=O) groups excluding carboxylic acids is 1. The first kappa shape index (κ1) is 16.0. The van der Waals surface area contributed by atoms with Crippen LogP contribution in [0.4, 0.5) is 26.3 Å². The topological polar surface area (TPSA) is 52.6 Å². The third-order valence-corrected chi connectivity index (χ3v) is 2.90. The van der Waals surface area contributed by atoms with Crippen molar-refractivity contribution in [2.24, 2.45) is 5.92 Å². The summed E-state index contributed by atoms with van der Waals surface area (Å²) in [6.45, 7) is -0.0587. The molecule has 1 amide bonds. The lowest BCUT2D eigenvalue weighted by Gasteiger charge is -2.31. The van der Waals surface area contributed by atoms with Crippen molar-refractivity contribution in [3.05, 3.63) is 0 Å². The number of hydrogen-bond acceptors (Lipinski definition) is 3. The van der Waals surface area contributed by atoms with Gasteiger partial charge in [-0.2, -0.15) is 26.3 Å². The maximum absolute atomic E-state index is 12.4. The van der Waals surface area contributed by atoms with Gasteiger partial charge in [-0.25, -0.2) is 0 Å². The second kappa shape index (κ2) is 5.16. The molecule has 0 saturated carbocycles. The van der Waals surface area contributed by atoms with Crippen LogP contribution in [0.5, 0.6) is 0 Å². The minimum atomic E-state index is -5.72. The summed E-state index contributed by atoms with van der Waals surface area (Å²) in [5.74, 6) is -6.19. The van der Waals surface area contributed by atoms with Crippen molar-refractivity contribution in [1.82, 2.24) is 10.2 Å². The molecule has 2 atom stereocenters. The largest absolute Gasteiger partial charge is 0.409 e. The van der Waals surface area contributed by atoms with Crippen molar-refractivity contribution in [3.8, 4) is 0 Å². The van der Waals surface area contributed by atoms with E-state index in [0.717, 1.165) is 7.05 Å². The van der Waals surface area contributed by atoms with Gasteiger partial charge in [0.25, 0.3) is 0 Å². The molecule has 1 fully saturated rings. The Morgan fingerprint density at radius 2 is 1.68 bits per heavy atom. The molecule has 0 aromatic carbocycles. The normalized spacial score (nSPS) is 24.9. The first-order chi connectivity index (χ1) is 8.46. The number of nitrogens with zero attached hydrogens (tertiary/aromatic N) is 1. The number of halogens is 6. The second-order valence-corrected chi connectivity index (χ2v) is 4.26. The van der Waals surface area contributed by atoms with E-state index in [-0.39, 0.29) is 13.1 Å². The fourth-order valence-corrected chi connectivity index (χ4v) is 1.88. The Kier molecular flexibility index (Phi) is 4.35. The first-order valence-corrected chi connectivity index (χ1v) is 5.25. The SMILES string of the molecule is CN(C(=O)C(C(F)(F)F)C(F)(F)F)[C@@H]1CNC[C@H]1O. The summed E-state index contributed by atoms with van der Waals surface area (Å²) in [5.41, 5.74) is 0. The second-order valence-electron chi connectivity index (χ2n) is 4.26. The molecule has 0 radical (unpaired) electrons. The van der Waals surface area contributed by atoms with Crippen molar-refractivity contribution in [2.75, 3.05) is 20.1 Å². The number of carbonyl (C=O) groups is 1. The molecule has 10 heteroatoms. The molecule has 4 nitrogen and oxygen atoms in total. The molecule has 1 saturated heterocycles. The van der Waals surface area contributed by atoms with Gasteiger partial charge in [0.05, 0.1) is 12.1 Å². The van der Waals surface area contributed by atoms with E-state index in [9.17, 15) is 36.2 Å². The zero-order valence-electron chi connectivity index (χ0n) is 9.72. The lowest BCUT2D eigenvalue weighted by atomic mass is 10.1. The highest BCUT2D eigenvalue weighted by Gasteiger charge is 2.62. The van der Waals surface area contributed by atoms with Crippen LogP contribution in [-0.2, 0) is 4.79 Å². The van der Waals surface area contributed by atoms with Crippen LogP contribution in [0.15, 0.2) is 0 Å². The molecule has 1 aliphatic heterocycles. The summed E-state index contributed by atoms with van der Waals surface area (Å²) in [7, 11) is 0.813. The van der Waals surface area contributed by atoms with Crippen LogP contribution in [0, 0.1) is 5.92 Å². The van der Waals surface area contributed by atoms with E-state index in [2.05, 4.69) is 5.32 Å². The molecule has 0 unspecified atom stereocenters. The lowest BCUT2D eigenvalue weighted by Crippen LogP contribution is -2.53. The van der Waals surface area contributed by atoms with Crippen LogP contribution in [0.1, 0.15) is 0 Å². The van der Waals surface area contributed by atoms with E-state index < -0.39 is 36.3 Å². The Morgan fingerprint density at radius 3 is 2.00 bits per heavy atom. The number of amides is 1. The average molecular weight is 294 g/mol. The highest BCUT2D eigenvalue weighted by molar-refractivity contribution is 5.80. The smallest absolute Gasteiger partial charge is 0.390 e. The molecule has 0 aromatic heterocycles. The molecule has 19 heavy (non-hydrogen) atoms. The van der Waals surface area contributed by atoms with Crippen molar-refractivity contribution in [1.29, 1.82) is 0 Å². The Morgan fingerprint density at radius 1 is 1.21 bits per heavy atom. The predicted octanol–water partition coefficient (Wildman–Crippen LogP) is 0.518. The summed E-state index contributed by atoms with van der Waals surface area (Å²) in [4.78, 5) is 11.7. The quantitative estimate of drug-likeness (QED) is 0.730. The zero-order valence-corrected chi connectivity index (χ0v) is 9.72. The molecular weight excluding hydrogens is 282 g/mol. The highest BCUT2D eigenvalue weighted by Crippen LogP contribution is 2.40. The average Bonchev–Trinajstić information content (AvgIpc) is 2.58. The Labute approximate surface area is 104 Å². The molecule has 0 bridgehead atoms. The van der Waals surface area contributed by atoms with Crippen molar-refractivity contribution in [2.45, 2.75) is 24.5 Å². The van der Waals surface area contributed by atoms with Crippen molar-refractivity contribution >= 4 is 5.91 Å². The van der Waals surface area contributed by atoms with E-state index in [0.29, 0.717) is 4.90 Å². The van der Waals surface area contributed by atoms with E-state index in [1.807, 2.05) is 0 Å². The molecule has 1 aliphatic rings. The van der Waals surface area contributed by atoms with Gasteiger partial charge in [-0.3, -0.25) is 4.79 Å². The fourth-order valence-electron chi connectivity index (χ4n) is 1.88.